The van der Waals surface area contributed by atoms with Gasteiger partial charge in [-0.1, -0.05) is 44.2 Å². The number of carboxylic acid groups (broad SMARTS) is 1. The van der Waals surface area contributed by atoms with Crippen LogP contribution in [0, 0.1) is 17.6 Å². The van der Waals surface area contributed by atoms with Crippen molar-refractivity contribution in [3.05, 3.63) is 71.9 Å². The van der Waals surface area contributed by atoms with Gasteiger partial charge in [-0.2, -0.15) is 0 Å². The zero-order chi connectivity index (χ0) is 46.1. The number of benzene rings is 2. The first-order valence-electron chi connectivity index (χ1n) is 19.2. The van der Waals surface area contributed by atoms with Crippen LogP contribution in [-0.4, -0.2) is 114 Å². The lowest BCUT2D eigenvalue weighted by Crippen LogP contribution is -2.59. The molecule has 0 aliphatic heterocycles. The van der Waals surface area contributed by atoms with E-state index in [0.717, 1.165) is 44.7 Å². The molecule has 0 saturated carbocycles. The van der Waals surface area contributed by atoms with Crippen LogP contribution in [0.15, 0.2) is 54.6 Å². The summed E-state index contributed by atoms with van der Waals surface area (Å²) in [6, 6.07) is 5.10. The van der Waals surface area contributed by atoms with E-state index in [1.54, 1.807) is 44.2 Å². The Morgan fingerprint density at radius 3 is 1.84 bits per heavy atom. The largest absolute Gasteiger partial charge is 0.481 e. The van der Waals surface area contributed by atoms with Crippen molar-refractivity contribution in [2.45, 2.75) is 83.1 Å². The summed E-state index contributed by atoms with van der Waals surface area (Å²) in [5.41, 5.74) is 0.525. The number of rotatable bonds is 23. The average molecular weight is 871 g/mol. The smallest absolute Gasteiger partial charge is 0.308 e. The molecule has 0 bridgehead atoms. The summed E-state index contributed by atoms with van der Waals surface area (Å²) < 4.78 is 42.3. The van der Waals surface area contributed by atoms with Gasteiger partial charge in [0.25, 0.3) is 5.91 Å². The fourth-order valence-corrected chi connectivity index (χ4v) is 5.70. The highest BCUT2D eigenvalue weighted by Gasteiger charge is 2.34. The normalized spacial score (nSPS) is 13.3. The number of amides is 5. The highest BCUT2D eigenvalue weighted by atomic mass is 19.1. The fraction of sp³-hybridized carbons (Fsp3) is 0.415. The van der Waals surface area contributed by atoms with Gasteiger partial charge in [0.15, 0.2) is 23.2 Å². The summed E-state index contributed by atoms with van der Waals surface area (Å²) in [4.78, 5) is 121. The Morgan fingerprint density at radius 2 is 1.23 bits per heavy atom. The van der Waals surface area contributed by atoms with Crippen LogP contribution in [0.2, 0.25) is 0 Å². The van der Waals surface area contributed by atoms with Gasteiger partial charge < -0.3 is 45.9 Å². The van der Waals surface area contributed by atoms with Crippen molar-refractivity contribution in [1.29, 1.82) is 0 Å². The predicted octanol–water partition coefficient (Wildman–Crippen LogP) is 1.26. The van der Waals surface area contributed by atoms with Crippen LogP contribution in [0.5, 0.6) is 5.75 Å². The number of carbonyl (C=O) groups is 9. The number of aromatic nitrogens is 1. The lowest BCUT2D eigenvalue weighted by Gasteiger charge is -2.26. The molecule has 0 radical (unpaired) electrons. The molecule has 5 amide bonds. The summed E-state index contributed by atoms with van der Waals surface area (Å²) in [5.74, 6) is -12.6. The molecule has 0 aliphatic carbocycles. The van der Waals surface area contributed by atoms with Gasteiger partial charge in [-0.15, -0.1) is 0 Å². The quantitative estimate of drug-likeness (QED) is 0.0733. The molecule has 0 saturated heterocycles. The maximum atomic E-state index is 14.1. The number of halogens is 2. The number of ketones is 1. The van der Waals surface area contributed by atoms with E-state index in [1.165, 1.54) is 6.07 Å². The van der Waals surface area contributed by atoms with Gasteiger partial charge in [0.05, 0.1) is 32.6 Å². The molecule has 0 fully saturated rings. The summed E-state index contributed by atoms with van der Waals surface area (Å²) in [6.45, 7) is 3.69. The van der Waals surface area contributed by atoms with E-state index >= 15 is 0 Å². The third-order valence-electron chi connectivity index (χ3n) is 9.00. The maximum absolute atomic E-state index is 14.1. The Bertz CT molecular complexity index is 2130. The number of nitrogens with zero attached hydrogens (tertiary/aromatic N) is 1. The number of carbonyl (C=O) groups excluding carboxylic acids is 8. The Balaban J connectivity index is 1.77. The monoisotopic (exact) mass is 870 g/mol. The molecule has 21 heteroatoms. The zero-order valence-electron chi connectivity index (χ0n) is 34.5. The second kappa shape index (κ2) is 23.7. The Hall–Kier alpha value is -7.06. The van der Waals surface area contributed by atoms with Gasteiger partial charge in [0.1, 0.15) is 42.5 Å². The zero-order valence-corrected chi connectivity index (χ0v) is 34.5. The summed E-state index contributed by atoms with van der Waals surface area (Å²) in [7, 11) is 2.02. The number of para-hydroxylation sites is 2. The first-order valence-corrected chi connectivity index (χ1v) is 19.2. The molecular formula is C41H48F2N6O13. The maximum Gasteiger partial charge on any atom is 0.308 e. The number of ether oxygens (including phenoxy) is 3. The SMILES string of the molecule is COC(=O)CC(NC(=O)[C@H](C)NC(=O)[C@H](CCC(=O)O)NC(=O)[C@H](CC(=O)OC)NC(=O)[C@H](CC(C)C)NC(=O)c1ccc2ccccc2n1)C(=O)COc1c(F)cccc1F. The van der Waals surface area contributed by atoms with Crippen LogP contribution in [0.25, 0.3) is 10.9 Å². The molecule has 1 aromatic heterocycles. The first kappa shape index (κ1) is 49.3. The number of nitrogens with one attached hydrogen (secondary N) is 5. The van der Waals surface area contributed by atoms with Crippen LogP contribution in [0.1, 0.15) is 63.4 Å². The highest BCUT2D eigenvalue weighted by Crippen LogP contribution is 2.21. The number of esters is 2. The second-order valence-corrected chi connectivity index (χ2v) is 14.3. The van der Waals surface area contributed by atoms with E-state index in [9.17, 15) is 57.0 Å². The Kier molecular flexibility index (Phi) is 18.8. The number of hydrogen-bond donors (Lipinski definition) is 6. The van der Waals surface area contributed by atoms with Crippen LogP contribution >= 0.6 is 0 Å². The minimum absolute atomic E-state index is 0.000308. The minimum atomic E-state index is -1.73. The molecule has 2 aromatic carbocycles. The van der Waals surface area contributed by atoms with E-state index in [2.05, 4.69) is 41.0 Å². The van der Waals surface area contributed by atoms with Crippen molar-refractivity contribution in [2.75, 3.05) is 20.8 Å². The second-order valence-electron chi connectivity index (χ2n) is 14.3. The van der Waals surface area contributed by atoms with E-state index in [4.69, 9.17) is 4.74 Å². The lowest BCUT2D eigenvalue weighted by molar-refractivity contribution is -0.144. The van der Waals surface area contributed by atoms with Gasteiger partial charge in [-0.25, -0.2) is 13.8 Å². The van der Waals surface area contributed by atoms with Crippen molar-refractivity contribution in [3.63, 3.8) is 0 Å². The van der Waals surface area contributed by atoms with Gasteiger partial charge in [0, 0.05) is 11.8 Å². The number of pyridine rings is 1. The van der Waals surface area contributed by atoms with Crippen molar-refractivity contribution in [3.8, 4) is 5.75 Å². The molecule has 62 heavy (non-hydrogen) atoms. The Morgan fingerprint density at radius 1 is 0.661 bits per heavy atom. The van der Waals surface area contributed by atoms with Crippen LogP contribution in [0.3, 0.4) is 0 Å². The number of aliphatic carboxylic acids is 1. The molecule has 334 valence electrons. The van der Waals surface area contributed by atoms with E-state index < -0.39 is 133 Å². The molecule has 6 N–H and O–H groups in total. The molecular weight excluding hydrogens is 822 g/mol. The van der Waals surface area contributed by atoms with Crippen molar-refractivity contribution < 1.29 is 71.2 Å². The molecule has 3 aromatic rings. The molecule has 1 heterocycles. The third-order valence-corrected chi connectivity index (χ3v) is 9.00. The van der Waals surface area contributed by atoms with E-state index in [0.29, 0.717) is 5.52 Å². The van der Waals surface area contributed by atoms with Gasteiger partial charge in [0.2, 0.25) is 23.6 Å². The molecule has 0 spiro atoms. The lowest BCUT2D eigenvalue weighted by atomic mass is 10.0. The summed E-state index contributed by atoms with van der Waals surface area (Å²) >= 11 is 0. The highest BCUT2D eigenvalue weighted by molar-refractivity contribution is 6.00. The standard InChI is InChI=1S/C41H48F2N6O13/c1-21(2)17-30(48-39(57)27-14-13-23-9-6-7-12-26(23)45-27)40(58)49-31(19-35(54)61-5)41(59)46-28(15-16-33(51)52)38(56)44-22(3)37(55)47-29(18-34(53)60-4)32(50)20-62-36-24(42)10-8-11-25(36)43/h6-14,21-22,28-31H,15-20H2,1-5H3,(H,44,56)(H,46,59)(H,47,55)(H,48,57)(H,49,58)(H,51,52)/t22-,28-,29?,30-,31-/m0/s1. The fourth-order valence-electron chi connectivity index (χ4n) is 5.70. The average Bonchev–Trinajstić information content (AvgIpc) is 3.23. The van der Waals surface area contributed by atoms with Crippen molar-refractivity contribution >= 4 is 64.1 Å². The predicted molar refractivity (Wildman–Crippen MR) is 213 cm³/mol. The number of hydrogen-bond acceptors (Lipinski definition) is 13. The summed E-state index contributed by atoms with van der Waals surface area (Å²) in [6.07, 6.45) is -2.69. The number of carboxylic acids is 1. The van der Waals surface area contributed by atoms with Crippen molar-refractivity contribution in [1.82, 2.24) is 31.6 Å². The molecule has 19 nitrogen and oxygen atoms in total. The van der Waals surface area contributed by atoms with Crippen LogP contribution < -0.4 is 31.3 Å². The van der Waals surface area contributed by atoms with Crippen molar-refractivity contribution in [2.24, 2.45) is 5.92 Å². The molecule has 0 aliphatic rings. The number of Topliss-reactive ketones (excluding diaryl/α,β-unsaturated/α-hetero) is 1. The van der Waals surface area contributed by atoms with Crippen LogP contribution in [0.4, 0.5) is 8.78 Å². The van der Waals surface area contributed by atoms with Gasteiger partial charge in [-0.05, 0) is 49.9 Å². The molecule has 5 atom stereocenters. The van der Waals surface area contributed by atoms with Crippen LogP contribution in [-0.2, 0) is 47.8 Å². The van der Waals surface area contributed by atoms with Gasteiger partial charge >= 0.3 is 17.9 Å². The molecule has 3 rings (SSSR count). The first-order chi connectivity index (χ1) is 29.3. The summed E-state index contributed by atoms with van der Waals surface area (Å²) in [5, 5.41) is 21.9. The Labute approximate surface area is 354 Å². The third kappa shape index (κ3) is 15.2. The number of fused-ring (bicyclic) bond motifs is 1. The van der Waals surface area contributed by atoms with Gasteiger partial charge in [-0.3, -0.25) is 43.2 Å². The minimum Gasteiger partial charge on any atom is -0.481 e. The molecule has 1 unspecified atom stereocenters. The topological polar surface area (TPSA) is 275 Å². The van der Waals surface area contributed by atoms with E-state index in [1.807, 2.05) is 0 Å². The van der Waals surface area contributed by atoms with E-state index in [-0.39, 0.29) is 18.0 Å². The number of methoxy groups -OCH3 is 2.